The van der Waals surface area contributed by atoms with Crippen LogP contribution in [0.5, 0.6) is 0 Å². The van der Waals surface area contributed by atoms with E-state index in [1.807, 2.05) is 0 Å². The molecule has 0 aromatic heterocycles. The van der Waals surface area contributed by atoms with E-state index >= 15 is 0 Å². The fourth-order valence-electron chi connectivity index (χ4n) is 4.09. The maximum atomic E-state index is 9.75. The molecule has 2 aliphatic carbocycles. The molecule has 0 aromatic carbocycles. The molecule has 1 heterocycles. The number of nitriles is 1. The van der Waals surface area contributed by atoms with E-state index in [-0.39, 0.29) is 5.54 Å². The number of rotatable bonds is 5. The average Bonchev–Trinajstić information content (AvgIpc) is 3.24. The lowest BCUT2D eigenvalue weighted by molar-refractivity contribution is 0.225. The van der Waals surface area contributed by atoms with Crippen molar-refractivity contribution in [3.05, 3.63) is 0 Å². The molecule has 0 bridgehead atoms. The van der Waals surface area contributed by atoms with Crippen molar-refractivity contribution < 1.29 is 0 Å². The predicted octanol–water partition coefficient (Wildman–Crippen LogP) is 1.83. The Morgan fingerprint density at radius 1 is 1.14 bits per heavy atom. The van der Waals surface area contributed by atoms with Crippen LogP contribution < -0.4 is 5.32 Å². The van der Waals surface area contributed by atoms with Gasteiger partial charge in [0.25, 0.3) is 0 Å². The van der Waals surface area contributed by atoms with Crippen LogP contribution >= 0.6 is 0 Å². The molecule has 21 heavy (non-hydrogen) atoms. The number of nitrogens with one attached hydrogen (secondary N) is 1. The van der Waals surface area contributed by atoms with Crippen molar-refractivity contribution in [2.75, 3.05) is 39.8 Å². The topological polar surface area (TPSA) is 42.3 Å². The third kappa shape index (κ3) is 3.77. The van der Waals surface area contributed by atoms with Gasteiger partial charge in [-0.15, -0.1) is 0 Å². The van der Waals surface area contributed by atoms with E-state index in [1.165, 1.54) is 71.2 Å². The van der Waals surface area contributed by atoms with Crippen molar-refractivity contribution >= 4 is 0 Å². The SMILES string of the molecule is CN1CCCN(CCC2CCCC2(C#N)NC2CC2)CC1. The van der Waals surface area contributed by atoms with Gasteiger partial charge in [0, 0.05) is 19.1 Å². The Labute approximate surface area is 129 Å². The summed E-state index contributed by atoms with van der Waals surface area (Å²) in [4.78, 5) is 5.05. The molecule has 4 nitrogen and oxygen atoms in total. The van der Waals surface area contributed by atoms with Crippen LogP contribution in [0.15, 0.2) is 0 Å². The lowest BCUT2D eigenvalue weighted by Crippen LogP contribution is -2.49. The van der Waals surface area contributed by atoms with Gasteiger partial charge in [-0.2, -0.15) is 5.26 Å². The minimum atomic E-state index is -0.205. The van der Waals surface area contributed by atoms with Crippen molar-refractivity contribution in [2.45, 2.75) is 56.5 Å². The molecule has 3 fully saturated rings. The first-order chi connectivity index (χ1) is 10.2. The van der Waals surface area contributed by atoms with Crippen LogP contribution in [0.3, 0.4) is 0 Å². The minimum absolute atomic E-state index is 0.205. The van der Waals surface area contributed by atoms with Gasteiger partial charge in [0.2, 0.25) is 0 Å². The molecular weight excluding hydrogens is 260 g/mol. The highest BCUT2D eigenvalue weighted by Crippen LogP contribution is 2.40. The van der Waals surface area contributed by atoms with Crippen LogP contribution in [0.2, 0.25) is 0 Å². The molecule has 3 aliphatic rings. The molecule has 118 valence electrons. The van der Waals surface area contributed by atoms with Crippen molar-refractivity contribution in [2.24, 2.45) is 5.92 Å². The molecule has 4 heteroatoms. The third-order valence-corrected chi connectivity index (χ3v) is 5.67. The summed E-state index contributed by atoms with van der Waals surface area (Å²) in [5.41, 5.74) is -0.205. The van der Waals surface area contributed by atoms with Crippen LogP contribution in [0.25, 0.3) is 0 Å². The number of likely N-dealkylation sites (N-methyl/N-ethyl adjacent to an activating group) is 1. The van der Waals surface area contributed by atoms with Crippen molar-refractivity contribution in [1.29, 1.82) is 5.26 Å². The Bertz CT molecular complexity index is 387. The summed E-state index contributed by atoms with van der Waals surface area (Å²) in [6.07, 6.45) is 8.54. The van der Waals surface area contributed by atoms with Gasteiger partial charge in [-0.25, -0.2) is 0 Å². The number of hydrogen-bond donors (Lipinski definition) is 1. The second-order valence-corrected chi connectivity index (χ2v) is 7.38. The van der Waals surface area contributed by atoms with E-state index in [9.17, 15) is 5.26 Å². The van der Waals surface area contributed by atoms with Gasteiger partial charge in [0.05, 0.1) is 6.07 Å². The van der Waals surface area contributed by atoms with E-state index < -0.39 is 0 Å². The van der Waals surface area contributed by atoms with Gasteiger partial charge in [0.1, 0.15) is 5.54 Å². The van der Waals surface area contributed by atoms with Gasteiger partial charge >= 0.3 is 0 Å². The Hall–Kier alpha value is -0.630. The summed E-state index contributed by atoms with van der Waals surface area (Å²) in [5, 5.41) is 13.4. The Kier molecular flexibility index (Phi) is 4.83. The largest absolute Gasteiger partial charge is 0.305 e. The first kappa shape index (κ1) is 15.3. The second-order valence-electron chi connectivity index (χ2n) is 7.38. The quantitative estimate of drug-likeness (QED) is 0.839. The van der Waals surface area contributed by atoms with Crippen molar-refractivity contribution in [3.63, 3.8) is 0 Å². The fourth-order valence-corrected chi connectivity index (χ4v) is 4.09. The van der Waals surface area contributed by atoms with Gasteiger partial charge < -0.3 is 9.80 Å². The highest BCUT2D eigenvalue weighted by Gasteiger charge is 2.45. The molecule has 3 rings (SSSR count). The Balaban J connectivity index is 1.52. The summed E-state index contributed by atoms with van der Waals surface area (Å²) in [7, 11) is 2.22. The fraction of sp³-hybridized carbons (Fsp3) is 0.941. The monoisotopic (exact) mass is 290 g/mol. The zero-order valence-electron chi connectivity index (χ0n) is 13.5. The highest BCUT2D eigenvalue weighted by molar-refractivity contribution is 5.16. The Morgan fingerprint density at radius 3 is 2.76 bits per heavy atom. The first-order valence-electron chi connectivity index (χ1n) is 8.82. The van der Waals surface area contributed by atoms with Crippen LogP contribution in [-0.2, 0) is 0 Å². The van der Waals surface area contributed by atoms with E-state index in [2.05, 4.69) is 28.2 Å². The molecule has 0 radical (unpaired) electrons. The molecule has 1 aliphatic heterocycles. The van der Waals surface area contributed by atoms with Crippen molar-refractivity contribution in [3.8, 4) is 6.07 Å². The second kappa shape index (κ2) is 6.64. The number of nitrogens with zero attached hydrogens (tertiary/aromatic N) is 3. The normalized spacial score (nSPS) is 35.5. The smallest absolute Gasteiger partial charge is 0.109 e. The van der Waals surface area contributed by atoms with Crippen LogP contribution in [-0.4, -0.2) is 61.2 Å². The Morgan fingerprint density at radius 2 is 2.00 bits per heavy atom. The third-order valence-electron chi connectivity index (χ3n) is 5.67. The molecule has 2 atom stereocenters. The molecule has 2 saturated carbocycles. The van der Waals surface area contributed by atoms with Crippen LogP contribution in [0, 0.1) is 17.2 Å². The van der Waals surface area contributed by atoms with Crippen LogP contribution in [0.4, 0.5) is 0 Å². The molecule has 0 aromatic rings. The average molecular weight is 290 g/mol. The zero-order valence-corrected chi connectivity index (χ0v) is 13.5. The summed E-state index contributed by atoms with van der Waals surface area (Å²) >= 11 is 0. The molecule has 1 saturated heterocycles. The van der Waals surface area contributed by atoms with Gasteiger partial charge in [-0.3, -0.25) is 5.32 Å². The summed E-state index contributed by atoms with van der Waals surface area (Å²) in [5.74, 6) is 0.559. The highest BCUT2D eigenvalue weighted by atomic mass is 15.2. The van der Waals surface area contributed by atoms with Crippen LogP contribution in [0.1, 0.15) is 44.9 Å². The van der Waals surface area contributed by atoms with E-state index in [4.69, 9.17) is 0 Å². The standard InChI is InChI=1S/C17H30N4/c1-20-9-3-10-21(13-12-20)11-7-15-4-2-8-17(15,14-18)19-16-5-6-16/h15-16,19H,2-13H2,1H3. The predicted molar refractivity (Wildman–Crippen MR) is 85.0 cm³/mol. The van der Waals surface area contributed by atoms with E-state index in [0.717, 1.165) is 6.42 Å². The van der Waals surface area contributed by atoms with Gasteiger partial charge in [0.15, 0.2) is 0 Å². The first-order valence-corrected chi connectivity index (χ1v) is 8.82. The summed E-state index contributed by atoms with van der Waals surface area (Å²) in [6.45, 7) is 6.01. The van der Waals surface area contributed by atoms with Gasteiger partial charge in [-0.05, 0) is 71.1 Å². The zero-order chi connectivity index (χ0) is 14.7. The minimum Gasteiger partial charge on any atom is -0.305 e. The summed E-state index contributed by atoms with van der Waals surface area (Å²) < 4.78 is 0. The lowest BCUT2D eigenvalue weighted by Gasteiger charge is -2.32. The molecular formula is C17H30N4. The molecule has 0 amide bonds. The molecule has 1 N–H and O–H groups in total. The summed E-state index contributed by atoms with van der Waals surface area (Å²) in [6, 6.07) is 3.30. The van der Waals surface area contributed by atoms with Crippen molar-refractivity contribution in [1.82, 2.24) is 15.1 Å². The van der Waals surface area contributed by atoms with E-state index in [0.29, 0.717) is 12.0 Å². The number of hydrogen-bond acceptors (Lipinski definition) is 4. The maximum absolute atomic E-state index is 9.75. The van der Waals surface area contributed by atoms with Gasteiger partial charge in [-0.1, -0.05) is 6.42 Å². The van der Waals surface area contributed by atoms with E-state index in [1.54, 1.807) is 0 Å². The lowest BCUT2D eigenvalue weighted by atomic mass is 9.85. The molecule has 2 unspecified atom stereocenters. The maximum Gasteiger partial charge on any atom is 0.109 e. The molecule has 0 spiro atoms.